The highest BCUT2D eigenvalue weighted by Gasteiger charge is 2.20. The molecule has 3 aromatic carbocycles. The van der Waals surface area contributed by atoms with Crippen LogP contribution in [0.1, 0.15) is 26.3 Å². The first kappa shape index (κ1) is 18.8. The molecule has 4 heteroatoms. The molecular weight excluding hydrogens is 394 g/mol. The SMILES string of the molecule is CC(C)(C)c1ccc(-n2c(-c3cccc4c3oc3ncccc34)nc3ccccc32)cc1. The van der Waals surface area contributed by atoms with E-state index in [1.807, 2.05) is 18.2 Å². The summed E-state index contributed by atoms with van der Waals surface area (Å²) in [5.41, 5.74) is 6.91. The van der Waals surface area contributed by atoms with Crippen LogP contribution in [0.25, 0.3) is 50.2 Å². The third kappa shape index (κ3) is 2.83. The fourth-order valence-corrected chi connectivity index (χ4v) is 4.39. The molecule has 4 nitrogen and oxygen atoms in total. The normalized spacial score (nSPS) is 12.2. The van der Waals surface area contributed by atoms with E-state index in [1.54, 1.807) is 6.20 Å². The smallest absolute Gasteiger partial charge is 0.227 e. The first-order valence-electron chi connectivity index (χ1n) is 10.9. The summed E-state index contributed by atoms with van der Waals surface area (Å²) in [6, 6.07) is 27.2. The predicted octanol–water partition coefficient (Wildman–Crippen LogP) is 7.28. The van der Waals surface area contributed by atoms with Crippen LogP contribution >= 0.6 is 0 Å². The lowest BCUT2D eigenvalue weighted by atomic mass is 9.87. The highest BCUT2D eigenvalue weighted by Crippen LogP contribution is 2.37. The number of hydrogen-bond acceptors (Lipinski definition) is 3. The number of hydrogen-bond donors (Lipinski definition) is 0. The Bertz CT molecular complexity index is 1600. The first-order chi connectivity index (χ1) is 15.5. The number of benzene rings is 3. The zero-order valence-electron chi connectivity index (χ0n) is 18.3. The summed E-state index contributed by atoms with van der Waals surface area (Å²) >= 11 is 0. The van der Waals surface area contributed by atoms with E-state index in [-0.39, 0.29) is 5.41 Å². The molecule has 0 aliphatic heterocycles. The third-order valence-corrected chi connectivity index (χ3v) is 6.07. The van der Waals surface area contributed by atoms with Crippen LogP contribution in [-0.2, 0) is 5.41 Å². The average molecular weight is 418 g/mol. The Hall–Kier alpha value is -3.92. The van der Waals surface area contributed by atoms with Crippen molar-refractivity contribution in [3.8, 4) is 17.1 Å². The lowest BCUT2D eigenvalue weighted by Gasteiger charge is -2.19. The van der Waals surface area contributed by atoms with Crippen LogP contribution in [0.5, 0.6) is 0 Å². The maximum Gasteiger partial charge on any atom is 0.227 e. The number of rotatable bonds is 2. The molecule has 32 heavy (non-hydrogen) atoms. The number of pyridine rings is 1. The van der Waals surface area contributed by atoms with Crippen molar-refractivity contribution in [2.75, 3.05) is 0 Å². The summed E-state index contributed by atoms with van der Waals surface area (Å²) in [7, 11) is 0. The van der Waals surface area contributed by atoms with Crippen molar-refractivity contribution < 1.29 is 4.42 Å². The van der Waals surface area contributed by atoms with E-state index in [1.165, 1.54) is 5.56 Å². The molecule has 0 saturated carbocycles. The molecule has 0 N–H and O–H groups in total. The van der Waals surface area contributed by atoms with E-state index in [2.05, 4.69) is 91.0 Å². The van der Waals surface area contributed by atoms with E-state index >= 15 is 0 Å². The van der Waals surface area contributed by atoms with Crippen LogP contribution in [0.4, 0.5) is 0 Å². The molecule has 0 spiro atoms. The van der Waals surface area contributed by atoms with E-state index in [9.17, 15) is 0 Å². The Balaban J connectivity index is 1.65. The van der Waals surface area contributed by atoms with Gasteiger partial charge in [-0.1, -0.05) is 57.2 Å². The largest absolute Gasteiger partial charge is 0.437 e. The topological polar surface area (TPSA) is 43.9 Å². The third-order valence-electron chi connectivity index (χ3n) is 6.07. The van der Waals surface area contributed by atoms with Gasteiger partial charge in [0.05, 0.1) is 16.6 Å². The maximum absolute atomic E-state index is 6.22. The van der Waals surface area contributed by atoms with Gasteiger partial charge in [0.2, 0.25) is 5.71 Å². The van der Waals surface area contributed by atoms with Crippen LogP contribution < -0.4 is 0 Å². The molecule has 0 unspecified atom stereocenters. The van der Waals surface area contributed by atoms with Crippen molar-refractivity contribution >= 4 is 33.1 Å². The highest BCUT2D eigenvalue weighted by atomic mass is 16.3. The van der Waals surface area contributed by atoms with Gasteiger partial charge in [-0.05, 0) is 53.4 Å². The second kappa shape index (κ2) is 6.79. The van der Waals surface area contributed by atoms with Crippen LogP contribution in [-0.4, -0.2) is 14.5 Å². The molecular formula is C28H23N3O. The number of aromatic nitrogens is 3. The van der Waals surface area contributed by atoms with Gasteiger partial charge in [0.1, 0.15) is 11.4 Å². The van der Waals surface area contributed by atoms with Gasteiger partial charge in [-0.3, -0.25) is 4.57 Å². The van der Waals surface area contributed by atoms with Crippen molar-refractivity contribution in [1.82, 2.24) is 14.5 Å². The van der Waals surface area contributed by atoms with Gasteiger partial charge in [0.25, 0.3) is 0 Å². The van der Waals surface area contributed by atoms with Crippen LogP contribution in [0, 0.1) is 0 Å². The minimum Gasteiger partial charge on any atom is -0.437 e. The average Bonchev–Trinajstić information content (AvgIpc) is 3.37. The van der Waals surface area contributed by atoms with Gasteiger partial charge in [-0.15, -0.1) is 0 Å². The van der Waals surface area contributed by atoms with Gasteiger partial charge >= 0.3 is 0 Å². The minimum absolute atomic E-state index is 0.102. The van der Waals surface area contributed by atoms with Crippen molar-refractivity contribution in [2.24, 2.45) is 0 Å². The Morgan fingerprint density at radius 2 is 1.56 bits per heavy atom. The van der Waals surface area contributed by atoms with Gasteiger partial charge < -0.3 is 4.42 Å². The summed E-state index contributed by atoms with van der Waals surface area (Å²) in [4.78, 5) is 9.45. The lowest BCUT2D eigenvalue weighted by Crippen LogP contribution is -2.11. The standard InChI is InChI=1S/C28H23N3O/c1-28(2,3)18-13-15-19(16-14-18)31-24-12-5-4-11-23(24)30-26(31)22-9-6-8-20-21-10-7-17-29-27(21)32-25(20)22/h4-17H,1-3H3. The molecule has 0 atom stereocenters. The Kier molecular flexibility index (Phi) is 3.99. The Labute approximate surface area is 186 Å². The number of imidazole rings is 1. The molecule has 3 heterocycles. The summed E-state index contributed by atoms with van der Waals surface area (Å²) < 4.78 is 8.44. The lowest BCUT2D eigenvalue weighted by molar-refractivity contribution is 0.590. The van der Waals surface area contributed by atoms with E-state index in [0.29, 0.717) is 5.71 Å². The van der Waals surface area contributed by atoms with Gasteiger partial charge in [-0.2, -0.15) is 0 Å². The van der Waals surface area contributed by atoms with E-state index in [4.69, 9.17) is 9.40 Å². The monoisotopic (exact) mass is 417 g/mol. The van der Waals surface area contributed by atoms with Crippen molar-refractivity contribution in [3.63, 3.8) is 0 Å². The number of furan rings is 1. The molecule has 156 valence electrons. The van der Waals surface area contributed by atoms with Crippen LogP contribution in [0.2, 0.25) is 0 Å². The summed E-state index contributed by atoms with van der Waals surface area (Å²) in [6.07, 6.45) is 1.76. The van der Waals surface area contributed by atoms with Crippen LogP contribution in [0.3, 0.4) is 0 Å². The zero-order valence-corrected chi connectivity index (χ0v) is 18.3. The zero-order chi connectivity index (χ0) is 21.9. The van der Waals surface area contributed by atoms with E-state index in [0.717, 1.165) is 44.5 Å². The quantitative estimate of drug-likeness (QED) is 0.297. The minimum atomic E-state index is 0.102. The van der Waals surface area contributed by atoms with Crippen LogP contribution in [0.15, 0.2) is 89.5 Å². The van der Waals surface area contributed by atoms with Crippen molar-refractivity contribution in [2.45, 2.75) is 26.2 Å². The molecule has 6 rings (SSSR count). The number of para-hydroxylation sites is 3. The summed E-state index contributed by atoms with van der Waals surface area (Å²) in [5, 5.41) is 2.06. The number of nitrogens with zero attached hydrogens (tertiary/aromatic N) is 3. The highest BCUT2D eigenvalue weighted by molar-refractivity contribution is 6.08. The molecule has 0 saturated heterocycles. The molecule has 0 radical (unpaired) electrons. The molecule has 0 fully saturated rings. The maximum atomic E-state index is 6.22. The first-order valence-corrected chi connectivity index (χ1v) is 10.9. The predicted molar refractivity (Wildman–Crippen MR) is 130 cm³/mol. The second-order valence-electron chi connectivity index (χ2n) is 9.20. The Morgan fingerprint density at radius 1 is 0.781 bits per heavy atom. The molecule has 6 aromatic rings. The second-order valence-corrected chi connectivity index (χ2v) is 9.20. The molecule has 0 bridgehead atoms. The Morgan fingerprint density at radius 3 is 2.38 bits per heavy atom. The fraction of sp³-hybridized carbons (Fsp3) is 0.143. The summed E-state index contributed by atoms with van der Waals surface area (Å²) in [6.45, 7) is 6.70. The van der Waals surface area contributed by atoms with Crippen molar-refractivity contribution in [3.05, 3.63) is 90.6 Å². The van der Waals surface area contributed by atoms with Gasteiger partial charge in [0.15, 0.2) is 0 Å². The molecule has 0 aliphatic rings. The molecule has 0 amide bonds. The fourth-order valence-electron chi connectivity index (χ4n) is 4.39. The number of fused-ring (bicyclic) bond motifs is 4. The van der Waals surface area contributed by atoms with Crippen molar-refractivity contribution in [1.29, 1.82) is 0 Å². The van der Waals surface area contributed by atoms with Gasteiger partial charge in [-0.25, -0.2) is 9.97 Å². The van der Waals surface area contributed by atoms with E-state index < -0.39 is 0 Å². The summed E-state index contributed by atoms with van der Waals surface area (Å²) in [5.74, 6) is 0.861. The molecule has 0 aliphatic carbocycles. The molecule has 3 aromatic heterocycles. The van der Waals surface area contributed by atoms with Gasteiger partial charge in [0, 0.05) is 22.7 Å².